The van der Waals surface area contributed by atoms with E-state index in [0.29, 0.717) is 0 Å². The van der Waals surface area contributed by atoms with Crippen molar-refractivity contribution in [2.75, 3.05) is 0 Å². The highest BCUT2D eigenvalue weighted by atomic mass is 127. The second-order valence-electron chi connectivity index (χ2n) is 1.53. The van der Waals surface area contributed by atoms with Gasteiger partial charge in [-0.2, -0.15) is 0 Å². The lowest BCUT2D eigenvalue weighted by Gasteiger charge is -1.82. The lowest BCUT2D eigenvalue weighted by molar-refractivity contribution is -0.105. The summed E-state index contributed by atoms with van der Waals surface area (Å²) in [6.07, 6.45) is 7.02. The fourth-order valence-electron chi connectivity index (χ4n) is 0.336. The molecule has 4 heteroatoms. The third kappa shape index (κ3) is 7.80. The van der Waals surface area contributed by atoms with E-state index in [2.05, 4.69) is 15.9 Å². The Morgan fingerprint density at radius 3 is 2.55 bits per heavy atom. The number of allylic oxidation sites excluding steroid dienone is 5. The topological polar surface area (TPSA) is 37.3 Å². The van der Waals surface area contributed by atoms with E-state index in [4.69, 9.17) is 5.11 Å². The lowest BCUT2D eigenvalue weighted by Crippen LogP contribution is -1.72. The van der Waals surface area contributed by atoms with Crippen LogP contribution in [-0.4, -0.2) is 8.90 Å². The third-order valence-corrected chi connectivity index (χ3v) is 1.60. The molecule has 0 aliphatic heterocycles. The standard InChI is InChI=1S/C7H6BrIO2/c8-6(2-1-5-10)3-4-7(9)11/h1-5,10H. The van der Waals surface area contributed by atoms with Gasteiger partial charge in [0.15, 0.2) is 0 Å². The summed E-state index contributed by atoms with van der Waals surface area (Å²) in [5.74, 6) is 0. The molecule has 0 aliphatic rings. The van der Waals surface area contributed by atoms with Crippen LogP contribution < -0.4 is 0 Å². The summed E-state index contributed by atoms with van der Waals surface area (Å²) < 4.78 is 0.689. The summed E-state index contributed by atoms with van der Waals surface area (Å²) >= 11 is 4.84. The molecule has 0 radical (unpaired) electrons. The molecule has 60 valence electrons. The van der Waals surface area contributed by atoms with Gasteiger partial charge in [-0.05, 0) is 24.3 Å². The van der Waals surface area contributed by atoms with Gasteiger partial charge in [0.2, 0.25) is 3.79 Å². The molecule has 0 heterocycles. The molecule has 0 saturated heterocycles. The SMILES string of the molecule is O=C(I)C=CC(Br)=CC=CO. The van der Waals surface area contributed by atoms with Crippen LogP contribution in [-0.2, 0) is 4.79 Å². The Balaban J connectivity index is 4.05. The van der Waals surface area contributed by atoms with E-state index in [1.54, 1.807) is 34.7 Å². The maximum absolute atomic E-state index is 10.4. The Morgan fingerprint density at radius 2 is 2.09 bits per heavy atom. The van der Waals surface area contributed by atoms with Crippen molar-refractivity contribution in [1.82, 2.24) is 0 Å². The molecule has 2 nitrogen and oxygen atoms in total. The van der Waals surface area contributed by atoms with Crippen molar-refractivity contribution in [3.05, 3.63) is 35.0 Å². The predicted molar refractivity (Wildman–Crippen MR) is 56.9 cm³/mol. The first-order chi connectivity index (χ1) is 5.16. The molecule has 0 atom stereocenters. The van der Waals surface area contributed by atoms with Gasteiger partial charge in [-0.1, -0.05) is 15.9 Å². The number of carbonyl (C=O) groups excluding carboxylic acids is 1. The number of aliphatic hydroxyl groups is 1. The quantitative estimate of drug-likeness (QED) is 0.284. The van der Waals surface area contributed by atoms with Gasteiger partial charge in [0.1, 0.15) is 0 Å². The van der Waals surface area contributed by atoms with E-state index in [9.17, 15) is 4.79 Å². The van der Waals surface area contributed by atoms with Crippen LogP contribution in [0.4, 0.5) is 0 Å². The van der Waals surface area contributed by atoms with Crippen LogP contribution in [0.15, 0.2) is 35.0 Å². The zero-order chi connectivity index (χ0) is 8.69. The number of aliphatic hydroxyl groups excluding tert-OH is 1. The molecular formula is C7H6BrIO2. The zero-order valence-corrected chi connectivity index (χ0v) is 9.24. The van der Waals surface area contributed by atoms with Crippen molar-refractivity contribution >= 4 is 42.3 Å². The zero-order valence-electron chi connectivity index (χ0n) is 5.50. The number of carbonyl (C=O) groups is 1. The Kier molecular flexibility index (Phi) is 6.54. The van der Waals surface area contributed by atoms with Gasteiger partial charge in [-0.25, -0.2) is 0 Å². The molecule has 0 bridgehead atoms. The molecule has 0 aromatic heterocycles. The van der Waals surface area contributed by atoms with E-state index in [1.807, 2.05) is 0 Å². The smallest absolute Gasteiger partial charge is 0.215 e. The first-order valence-electron chi connectivity index (χ1n) is 2.71. The van der Waals surface area contributed by atoms with Gasteiger partial charge in [0.25, 0.3) is 0 Å². The Labute approximate surface area is 86.9 Å². The molecule has 0 aliphatic carbocycles. The maximum atomic E-state index is 10.4. The van der Waals surface area contributed by atoms with Crippen LogP contribution in [0.5, 0.6) is 0 Å². The Hall–Kier alpha value is -0.100. The lowest BCUT2D eigenvalue weighted by atomic mass is 10.4. The first-order valence-corrected chi connectivity index (χ1v) is 4.58. The molecule has 0 aromatic carbocycles. The fraction of sp³-hybridized carbons (Fsp3) is 0. The van der Waals surface area contributed by atoms with Crippen LogP contribution in [0.1, 0.15) is 0 Å². The number of hydrogen-bond donors (Lipinski definition) is 1. The summed E-state index contributed by atoms with van der Waals surface area (Å²) in [7, 11) is 0. The average molecular weight is 329 g/mol. The van der Waals surface area contributed by atoms with Crippen molar-refractivity contribution in [1.29, 1.82) is 0 Å². The molecule has 0 aromatic rings. The normalized spacial score (nSPS) is 13.1. The predicted octanol–water partition coefficient (Wildman–Crippen LogP) is 2.85. The molecule has 0 rings (SSSR count). The molecular weight excluding hydrogens is 323 g/mol. The van der Waals surface area contributed by atoms with Crippen molar-refractivity contribution in [2.45, 2.75) is 0 Å². The van der Waals surface area contributed by atoms with Crippen LogP contribution in [0.25, 0.3) is 0 Å². The third-order valence-electron chi connectivity index (χ3n) is 0.715. The molecule has 11 heavy (non-hydrogen) atoms. The first kappa shape index (κ1) is 10.9. The Bertz CT molecular complexity index is 218. The number of rotatable bonds is 3. The summed E-state index contributed by atoms with van der Waals surface area (Å²) in [4.78, 5) is 10.4. The van der Waals surface area contributed by atoms with Crippen LogP contribution >= 0.6 is 38.5 Å². The minimum atomic E-state index is -0.0408. The average Bonchev–Trinajstić information content (AvgIpc) is 1.97. The van der Waals surface area contributed by atoms with Crippen molar-refractivity contribution in [2.24, 2.45) is 0 Å². The minimum absolute atomic E-state index is 0.0408. The Morgan fingerprint density at radius 1 is 1.45 bits per heavy atom. The van der Waals surface area contributed by atoms with Crippen LogP contribution in [0, 0.1) is 0 Å². The van der Waals surface area contributed by atoms with Crippen molar-refractivity contribution < 1.29 is 9.90 Å². The second-order valence-corrected chi connectivity index (χ2v) is 3.51. The van der Waals surface area contributed by atoms with Crippen molar-refractivity contribution in [3.8, 4) is 0 Å². The van der Waals surface area contributed by atoms with E-state index in [0.717, 1.165) is 10.7 Å². The summed E-state index contributed by atoms with van der Waals surface area (Å²) in [6, 6.07) is 0. The van der Waals surface area contributed by atoms with Gasteiger partial charge in [-0.15, -0.1) is 0 Å². The van der Waals surface area contributed by atoms with Crippen LogP contribution in [0.2, 0.25) is 0 Å². The monoisotopic (exact) mass is 328 g/mol. The van der Waals surface area contributed by atoms with Crippen molar-refractivity contribution in [3.63, 3.8) is 0 Å². The molecule has 0 spiro atoms. The highest BCUT2D eigenvalue weighted by Gasteiger charge is 1.85. The van der Waals surface area contributed by atoms with E-state index < -0.39 is 0 Å². The van der Waals surface area contributed by atoms with Gasteiger partial charge >= 0.3 is 0 Å². The molecule has 0 amide bonds. The molecule has 0 fully saturated rings. The largest absolute Gasteiger partial charge is 0.516 e. The van der Waals surface area contributed by atoms with Gasteiger partial charge in [-0.3, -0.25) is 4.79 Å². The van der Waals surface area contributed by atoms with Gasteiger partial charge in [0, 0.05) is 27.1 Å². The summed E-state index contributed by atoms with van der Waals surface area (Å²) in [6.45, 7) is 0. The minimum Gasteiger partial charge on any atom is -0.516 e. The summed E-state index contributed by atoms with van der Waals surface area (Å²) in [5.41, 5.74) is 0. The maximum Gasteiger partial charge on any atom is 0.215 e. The second kappa shape index (κ2) is 6.60. The fourth-order valence-corrected chi connectivity index (χ4v) is 0.800. The van der Waals surface area contributed by atoms with E-state index in [1.165, 1.54) is 12.2 Å². The molecule has 0 saturated carbocycles. The molecule has 0 unspecified atom stereocenters. The molecule has 1 N–H and O–H groups in total. The highest BCUT2D eigenvalue weighted by molar-refractivity contribution is 14.1. The highest BCUT2D eigenvalue weighted by Crippen LogP contribution is 2.07. The summed E-state index contributed by atoms with van der Waals surface area (Å²) in [5, 5.41) is 8.25. The van der Waals surface area contributed by atoms with Crippen LogP contribution in [0.3, 0.4) is 0 Å². The van der Waals surface area contributed by atoms with Gasteiger partial charge < -0.3 is 5.11 Å². The van der Waals surface area contributed by atoms with Gasteiger partial charge in [0.05, 0.1) is 6.26 Å². The van der Waals surface area contributed by atoms with E-state index >= 15 is 0 Å². The number of hydrogen-bond acceptors (Lipinski definition) is 2. The van der Waals surface area contributed by atoms with E-state index in [-0.39, 0.29) is 3.79 Å². The number of halogens is 2.